The van der Waals surface area contributed by atoms with Gasteiger partial charge in [-0.2, -0.15) is 0 Å². The third-order valence-corrected chi connectivity index (χ3v) is 4.20. The van der Waals surface area contributed by atoms with Gasteiger partial charge in [-0.05, 0) is 12.0 Å². The summed E-state index contributed by atoms with van der Waals surface area (Å²) in [7, 11) is 0. The number of aldehydes is 1. The Hall–Kier alpha value is -2.47. The van der Waals surface area contributed by atoms with E-state index in [2.05, 4.69) is 17.2 Å². The number of amides is 1. The number of fused-ring (bicyclic) bond motifs is 1. The Bertz CT molecular complexity index is 821. The van der Waals surface area contributed by atoms with Gasteiger partial charge in [0.2, 0.25) is 5.91 Å². The summed E-state index contributed by atoms with van der Waals surface area (Å²) in [5.41, 5.74) is 2.67. The van der Waals surface area contributed by atoms with E-state index in [0.717, 1.165) is 29.2 Å². The van der Waals surface area contributed by atoms with Gasteiger partial charge in [-0.15, -0.1) is 11.3 Å². The number of nitrogens with zero attached hydrogens (tertiary/aromatic N) is 2. The Morgan fingerprint density at radius 3 is 3.00 bits per heavy atom. The molecule has 1 aromatic carbocycles. The van der Waals surface area contributed by atoms with Gasteiger partial charge in [0.1, 0.15) is 6.54 Å². The standard InChI is InChI=1S/C16H15N3O2S/c1-2-11-4-3-5-13-12(10-20)8-19(15(11)13)9-14(21)18-16-17-6-7-22-16/h3-8,10H,2,9H2,1H3,(H,17,18,21). The minimum atomic E-state index is -0.157. The van der Waals surface area contributed by atoms with E-state index in [1.165, 1.54) is 11.3 Å². The van der Waals surface area contributed by atoms with Gasteiger partial charge in [0.05, 0.1) is 5.52 Å². The zero-order valence-corrected chi connectivity index (χ0v) is 12.9. The van der Waals surface area contributed by atoms with Crippen LogP contribution in [0.2, 0.25) is 0 Å². The lowest BCUT2D eigenvalue weighted by Gasteiger charge is -2.08. The molecule has 2 aromatic heterocycles. The molecule has 1 N–H and O–H groups in total. The van der Waals surface area contributed by atoms with Crippen molar-refractivity contribution in [1.29, 1.82) is 0 Å². The molecule has 2 heterocycles. The lowest BCUT2D eigenvalue weighted by molar-refractivity contribution is -0.116. The molecule has 0 unspecified atom stereocenters. The van der Waals surface area contributed by atoms with Crippen molar-refractivity contribution in [1.82, 2.24) is 9.55 Å². The number of carbonyl (C=O) groups is 2. The number of aromatic nitrogens is 2. The molecule has 0 fully saturated rings. The largest absolute Gasteiger partial charge is 0.337 e. The molecule has 0 atom stereocenters. The molecule has 3 aromatic rings. The molecule has 0 saturated heterocycles. The van der Waals surface area contributed by atoms with Crippen LogP contribution in [0, 0.1) is 0 Å². The van der Waals surface area contributed by atoms with Crippen LogP contribution in [0.15, 0.2) is 36.0 Å². The van der Waals surface area contributed by atoms with E-state index in [0.29, 0.717) is 10.7 Å². The second-order valence-corrected chi connectivity index (χ2v) is 5.78. The normalized spacial score (nSPS) is 10.8. The predicted molar refractivity (Wildman–Crippen MR) is 87.4 cm³/mol. The third-order valence-electron chi connectivity index (χ3n) is 3.51. The number of carbonyl (C=O) groups excluding carboxylic acids is 2. The maximum absolute atomic E-state index is 12.2. The fourth-order valence-corrected chi connectivity index (χ4v) is 3.11. The van der Waals surface area contributed by atoms with Crippen molar-refractivity contribution in [3.05, 3.63) is 47.1 Å². The number of hydrogen-bond donors (Lipinski definition) is 1. The van der Waals surface area contributed by atoms with Crippen LogP contribution < -0.4 is 5.32 Å². The molecule has 0 aliphatic rings. The van der Waals surface area contributed by atoms with Crippen LogP contribution in [0.1, 0.15) is 22.8 Å². The van der Waals surface area contributed by atoms with Gasteiger partial charge in [0.25, 0.3) is 0 Å². The van der Waals surface area contributed by atoms with Crippen LogP contribution in [0.25, 0.3) is 10.9 Å². The Morgan fingerprint density at radius 1 is 1.45 bits per heavy atom. The molecule has 0 aliphatic carbocycles. The van der Waals surface area contributed by atoms with E-state index >= 15 is 0 Å². The van der Waals surface area contributed by atoms with Crippen molar-refractivity contribution >= 4 is 39.6 Å². The summed E-state index contributed by atoms with van der Waals surface area (Å²) in [4.78, 5) is 27.5. The third kappa shape index (κ3) is 2.65. The smallest absolute Gasteiger partial charge is 0.246 e. The molecule has 0 aliphatic heterocycles. The number of para-hydroxylation sites is 1. The average molecular weight is 313 g/mol. The summed E-state index contributed by atoms with van der Waals surface area (Å²) in [6.07, 6.45) is 5.05. The fourth-order valence-electron chi connectivity index (χ4n) is 2.57. The highest BCUT2D eigenvalue weighted by atomic mass is 32.1. The molecular weight excluding hydrogens is 298 g/mol. The Kier molecular flexibility index (Phi) is 4.02. The highest BCUT2D eigenvalue weighted by Crippen LogP contribution is 2.24. The Morgan fingerprint density at radius 2 is 2.32 bits per heavy atom. The molecule has 3 rings (SSSR count). The van der Waals surface area contributed by atoms with Crippen molar-refractivity contribution in [2.45, 2.75) is 19.9 Å². The summed E-state index contributed by atoms with van der Waals surface area (Å²) >= 11 is 1.37. The number of hydrogen-bond acceptors (Lipinski definition) is 4. The maximum Gasteiger partial charge on any atom is 0.246 e. The second kappa shape index (κ2) is 6.11. The number of anilines is 1. The molecule has 112 valence electrons. The van der Waals surface area contributed by atoms with E-state index < -0.39 is 0 Å². The number of benzene rings is 1. The van der Waals surface area contributed by atoms with Crippen LogP contribution in [-0.2, 0) is 17.8 Å². The molecule has 5 nitrogen and oxygen atoms in total. The van der Waals surface area contributed by atoms with Gasteiger partial charge in [-0.25, -0.2) is 4.98 Å². The van der Waals surface area contributed by atoms with Crippen LogP contribution in [0.3, 0.4) is 0 Å². The first-order valence-electron chi connectivity index (χ1n) is 6.98. The van der Waals surface area contributed by atoms with Crippen molar-refractivity contribution in [2.24, 2.45) is 0 Å². The van der Waals surface area contributed by atoms with Gasteiger partial charge >= 0.3 is 0 Å². The number of thiazole rings is 1. The summed E-state index contributed by atoms with van der Waals surface area (Å²) in [5.74, 6) is -0.157. The summed E-state index contributed by atoms with van der Waals surface area (Å²) < 4.78 is 1.83. The quantitative estimate of drug-likeness (QED) is 0.736. The molecule has 0 radical (unpaired) electrons. The molecule has 0 bridgehead atoms. The zero-order chi connectivity index (χ0) is 15.5. The number of aryl methyl sites for hydroxylation is 1. The minimum absolute atomic E-state index is 0.154. The summed E-state index contributed by atoms with van der Waals surface area (Å²) in [6, 6.07) is 5.87. The Balaban J connectivity index is 1.96. The van der Waals surface area contributed by atoms with E-state index in [-0.39, 0.29) is 12.5 Å². The fraction of sp³-hybridized carbons (Fsp3) is 0.188. The lowest BCUT2D eigenvalue weighted by atomic mass is 10.1. The number of nitrogens with one attached hydrogen (secondary N) is 1. The zero-order valence-electron chi connectivity index (χ0n) is 12.1. The van der Waals surface area contributed by atoms with Crippen LogP contribution in [0.5, 0.6) is 0 Å². The van der Waals surface area contributed by atoms with E-state index in [4.69, 9.17) is 0 Å². The minimum Gasteiger partial charge on any atom is -0.337 e. The maximum atomic E-state index is 12.2. The van der Waals surface area contributed by atoms with Crippen molar-refractivity contribution < 1.29 is 9.59 Å². The first kappa shape index (κ1) is 14.5. The highest BCUT2D eigenvalue weighted by Gasteiger charge is 2.13. The molecule has 0 saturated carbocycles. The number of rotatable bonds is 5. The molecule has 22 heavy (non-hydrogen) atoms. The average Bonchev–Trinajstić information content (AvgIpc) is 3.15. The van der Waals surface area contributed by atoms with Gasteiger partial charge in [-0.3, -0.25) is 9.59 Å². The van der Waals surface area contributed by atoms with Gasteiger partial charge in [0.15, 0.2) is 11.4 Å². The van der Waals surface area contributed by atoms with Crippen molar-refractivity contribution in [3.8, 4) is 0 Å². The van der Waals surface area contributed by atoms with Crippen LogP contribution in [-0.4, -0.2) is 21.7 Å². The highest BCUT2D eigenvalue weighted by molar-refractivity contribution is 7.13. The van der Waals surface area contributed by atoms with Gasteiger partial charge < -0.3 is 9.88 Å². The van der Waals surface area contributed by atoms with Crippen LogP contribution in [0.4, 0.5) is 5.13 Å². The van der Waals surface area contributed by atoms with E-state index in [1.807, 2.05) is 22.8 Å². The van der Waals surface area contributed by atoms with E-state index in [9.17, 15) is 9.59 Å². The lowest BCUT2D eigenvalue weighted by Crippen LogP contribution is -2.18. The topological polar surface area (TPSA) is 64.0 Å². The van der Waals surface area contributed by atoms with Crippen LogP contribution >= 0.6 is 11.3 Å². The predicted octanol–water partition coefficient (Wildman–Crippen LogP) is 3.11. The van der Waals surface area contributed by atoms with Crippen molar-refractivity contribution in [2.75, 3.05) is 5.32 Å². The molecule has 1 amide bonds. The van der Waals surface area contributed by atoms with E-state index in [1.54, 1.807) is 17.8 Å². The molecule has 6 heteroatoms. The van der Waals surface area contributed by atoms with Gasteiger partial charge in [-0.1, -0.05) is 25.1 Å². The Labute approximate surface area is 131 Å². The molecular formula is C16H15N3O2S. The monoisotopic (exact) mass is 313 g/mol. The SMILES string of the molecule is CCc1cccc2c(C=O)cn(CC(=O)Nc3nccs3)c12. The van der Waals surface area contributed by atoms with Crippen molar-refractivity contribution in [3.63, 3.8) is 0 Å². The first-order chi connectivity index (χ1) is 10.7. The molecule has 0 spiro atoms. The summed E-state index contributed by atoms with van der Waals surface area (Å²) in [5, 5.41) is 6.03. The first-order valence-corrected chi connectivity index (χ1v) is 7.86. The second-order valence-electron chi connectivity index (χ2n) is 4.88. The summed E-state index contributed by atoms with van der Waals surface area (Å²) in [6.45, 7) is 2.21. The van der Waals surface area contributed by atoms with Gasteiger partial charge in [0, 0.05) is 28.7 Å².